The number of pyridine rings is 1. The molecule has 0 aliphatic carbocycles. The average molecular weight is 450 g/mol. The molecule has 7 heteroatoms. The fraction of sp³-hybridized carbons (Fsp3) is 0.136. The van der Waals surface area contributed by atoms with Crippen LogP contribution in [0.25, 0.3) is 5.69 Å². The quantitative estimate of drug-likeness (QED) is 0.478. The Balaban J connectivity index is 1.54. The number of nitrogens with one attached hydrogen (secondary N) is 1. The van der Waals surface area contributed by atoms with Gasteiger partial charge in [0.05, 0.1) is 35.4 Å². The fourth-order valence-electron chi connectivity index (χ4n) is 3.37. The van der Waals surface area contributed by atoms with Crippen molar-refractivity contribution < 1.29 is 4.79 Å². The predicted octanol–water partition coefficient (Wildman–Crippen LogP) is 4.75. The second kappa shape index (κ2) is 8.05. The van der Waals surface area contributed by atoms with Gasteiger partial charge < -0.3 is 9.88 Å². The molecule has 1 N–H and O–H groups in total. The standard InChI is InChI=1S/C22H20BrN5O/c1-15-11-19(16(2)28(15)21-9-4-3-8-20(21)23)22(29)26-18-12-25-27(14-18)13-17-7-5-6-10-24-17/h3-12,14H,13H2,1-2H3,(H,26,29). The molecule has 0 saturated heterocycles. The summed E-state index contributed by atoms with van der Waals surface area (Å²) < 4.78 is 4.80. The second-order valence-electron chi connectivity index (χ2n) is 6.77. The number of carbonyl (C=O) groups excluding carboxylic acids is 1. The molecule has 0 saturated carbocycles. The number of aryl methyl sites for hydroxylation is 1. The lowest BCUT2D eigenvalue weighted by molar-refractivity contribution is 0.102. The highest BCUT2D eigenvalue weighted by Crippen LogP contribution is 2.27. The zero-order chi connectivity index (χ0) is 20.4. The highest BCUT2D eigenvalue weighted by molar-refractivity contribution is 9.10. The first-order valence-corrected chi connectivity index (χ1v) is 10.00. The first-order valence-electron chi connectivity index (χ1n) is 9.20. The van der Waals surface area contributed by atoms with Crippen molar-refractivity contribution in [3.8, 4) is 5.69 Å². The molecule has 1 amide bonds. The van der Waals surface area contributed by atoms with E-state index in [1.807, 2.05) is 62.4 Å². The molecule has 3 heterocycles. The predicted molar refractivity (Wildman–Crippen MR) is 116 cm³/mol. The van der Waals surface area contributed by atoms with Crippen LogP contribution in [-0.2, 0) is 6.54 Å². The van der Waals surface area contributed by atoms with Crippen molar-refractivity contribution in [2.24, 2.45) is 0 Å². The summed E-state index contributed by atoms with van der Waals surface area (Å²) in [5.74, 6) is -0.159. The van der Waals surface area contributed by atoms with Gasteiger partial charge in [0.15, 0.2) is 0 Å². The summed E-state index contributed by atoms with van der Waals surface area (Å²) in [6.45, 7) is 4.49. The number of aromatic nitrogens is 4. The van der Waals surface area contributed by atoms with Gasteiger partial charge in [0.1, 0.15) is 0 Å². The molecular formula is C22H20BrN5O. The maximum atomic E-state index is 12.9. The van der Waals surface area contributed by atoms with Crippen LogP contribution in [-0.4, -0.2) is 25.2 Å². The monoisotopic (exact) mass is 449 g/mol. The van der Waals surface area contributed by atoms with Crippen LogP contribution < -0.4 is 5.32 Å². The van der Waals surface area contributed by atoms with Crippen LogP contribution in [0.4, 0.5) is 5.69 Å². The Morgan fingerprint density at radius 2 is 1.93 bits per heavy atom. The third-order valence-electron chi connectivity index (χ3n) is 4.71. The minimum absolute atomic E-state index is 0.159. The smallest absolute Gasteiger partial charge is 0.257 e. The van der Waals surface area contributed by atoms with Gasteiger partial charge in [-0.3, -0.25) is 14.5 Å². The molecule has 0 aliphatic heterocycles. The van der Waals surface area contributed by atoms with E-state index in [4.69, 9.17) is 0 Å². The van der Waals surface area contributed by atoms with Gasteiger partial charge >= 0.3 is 0 Å². The van der Waals surface area contributed by atoms with Gasteiger partial charge in [-0.2, -0.15) is 5.10 Å². The highest BCUT2D eigenvalue weighted by Gasteiger charge is 2.18. The van der Waals surface area contributed by atoms with Crippen LogP contribution in [0.15, 0.2) is 71.6 Å². The van der Waals surface area contributed by atoms with Crippen molar-refractivity contribution >= 4 is 27.5 Å². The Bertz CT molecular complexity index is 1160. The molecule has 0 radical (unpaired) electrons. The van der Waals surface area contributed by atoms with Crippen LogP contribution in [0, 0.1) is 13.8 Å². The number of carbonyl (C=O) groups is 1. The molecule has 4 rings (SSSR count). The lowest BCUT2D eigenvalue weighted by atomic mass is 10.2. The third-order valence-corrected chi connectivity index (χ3v) is 5.38. The molecule has 0 bridgehead atoms. The van der Waals surface area contributed by atoms with Crippen molar-refractivity contribution in [2.75, 3.05) is 5.32 Å². The van der Waals surface area contributed by atoms with E-state index in [1.54, 1.807) is 23.3 Å². The number of halogens is 1. The van der Waals surface area contributed by atoms with E-state index in [0.717, 1.165) is 27.2 Å². The minimum Gasteiger partial charge on any atom is -0.319 e. The molecule has 0 spiro atoms. The Labute approximate surface area is 177 Å². The molecule has 3 aromatic heterocycles. The Kier molecular flexibility index (Phi) is 5.31. The Morgan fingerprint density at radius 1 is 1.14 bits per heavy atom. The highest BCUT2D eigenvalue weighted by atomic mass is 79.9. The fourth-order valence-corrected chi connectivity index (χ4v) is 3.83. The van der Waals surface area contributed by atoms with E-state index in [1.165, 1.54) is 0 Å². The topological polar surface area (TPSA) is 64.7 Å². The van der Waals surface area contributed by atoms with Crippen LogP contribution >= 0.6 is 15.9 Å². The number of anilines is 1. The molecule has 0 fully saturated rings. The molecule has 0 unspecified atom stereocenters. The molecule has 6 nitrogen and oxygen atoms in total. The minimum atomic E-state index is -0.159. The molecule has 0 atom stereocenters. The van der Waals surface area contributed by atoms with E-state index < -0.39 is 0 Å². The molecule has 29 heavy (non-hydrogen) atoms. The van der Waals surface area contributed by atoms with Crippen molar-refractivity contribution in [1.29, 1.82) is 0 Å². The number of rotatable bonds is 5. The number of hydrogen-bond donors (Lipinski definition) is 1. The van der Waals surface area contributed by atoms with E-state index in [0.29, 0.717) is 17.8 Å². The summed E-state index contributed by atoms with van der Waals surface area (Å²) in [7, 11) is 0. The number of benzene rings is 1. The first-order chi connectivity index (χ1) is 14.0. The molecule has 0 aliphatic rings. The van der Waals surface area contributed by atoms with Crippen LogP contribution in [0.2, 0.25) is 0 Å². The molecule has 146 valence electrons. The van der Waals surface area contributed by atoms with E-state index in [9.17, 15) is 4.79 Å². The first kappa shape index (κ1) is 19.1. The second-order valence-corrected chi connectivity index (χ2v) is 7.63. The lowest BCUT2D eigenvalue weighted by Crippen LogP contribution is -2.13. The number of para-hydroxylation sites is 1. The van der Waals surface area contributed by atoms with Gasteiger partial charge in [-0.15, -0.1) is 0 Å². The van der Waals surface area contributed by atoms with Gasteiger partial charge in [0.25, 0.3) is 5.91 Å². The summed E-state index contributed by atoms with van der Waals surface area (Å²) in [4.78, 5) is 17.2. The van der Waals surface area contributed by atoms with Gasteiger partial charge in [-0.25, -0.2) is 0 Å². The lowest BCUT2D eigenvalue weighted by Gasteiger charge is -2.11. The number of amides is 1. The molecule has 4 aromatic rings. The van der Waals surface area contributed by atoms with E-state index >= 15 is 0 Å². The summed E-state index contributed by atoms with van der Waals surface area (Å²) in [6, 6.07) is 15.6. The molecule has 1 aromatic carbocycles. The van der Waals surface area contributed by atoms with Crippen molar-refractivity contribution in [1.82, 2.24) is 19.3 Å². The summed E-state index contributed by atoms with van der Waals surface area (Å²) in [5, 5.41) is 7.26. The van der Waals surface area contributed by atoms with Gasteiger partial charge in [0, 0.05) is 28.3 Å². The van der Waals surface area contributed by atoms with Crippen molar-refractivity contribution in [2.45, 2.75) is 20.4 Å². The number of nitrogens with zero attached hydrogens (tertiary/aromatic N) is 4. The van der Waals surface area contributed by atoms with Crippen LogP contribution in [0.1, 0.15) is 27.4 Å². The van der Waals surface area contributed by atoms with E-state index in [-0.39, 0.29) is 5.91 Å². The van der Waals surface area contributed by atoms with Crippen LogP contribution in [0.5, 0.6) is 0 Å². The SMILES string of the molecule is Cc1cc(C(=O)Nc2cnn(Cc3ccccn3)c2)c(C)n1-c1ccccc1Br. The Hall–Kier alpha value is -3.19. The van der Waals surface area contributed by atoms with Gasteiger partial charge in [-0.1, -0.05) is 18.2 Å². The summed E-state index contributed by atoms with van der Waals surface area (Å²) in [6.07, 6.45) is 5.20. The molecular weight excluding hydrogens is 430 g/mol. The number of hydrogen-bond acceptors (Lipinski definition) is 3. The van der Waals surface area contributed by atoms with E-state index in [2.05, 4.69) is 35.9 Å². The average Bonchev–Trinajstić information content (AvgIpc) is 3.27. The van der Waals surface area contributed by atoms with Crippen molar-refractivity contribution in [3.63, 3.8) is 0 Å². The zero-order valence-corrected chi connectivity index (χ0v) is 17.7. The Morgan fingerprint density at radius 3 is 2.69 bits per heavy atom. The van der Waals surface area contributed by atoms with Crippen LogP contribution in [0.3, 0.4) is 0 Å². The summed E-state index contributed by atoms with van der Waals surface area (Å²) in [5.41, 5.74) is 5.07. The zero-order valence-electron chi connectivity index (χ0n) is 16.1. The van der Waals surface area contributed by atoms with Gasteiger partial charge in [-0.05, 0) is 60.1 Å². The van der Waals surface area contributed by atoms with Crippen molar-refractivity contribution in [3.05, 3.63) is 94.2 Å². The maximum absolute atomic E-state index is 12.9. The maximum Gasteiger partial charge on any atom is 0.257 e. The third kappa shape index (κ3) is 4.00. The normalized spacial score (nSPS) is 10.9. The van der Waals surface area contributed by atoms with Gasteiger partial charge in [0.2, 0.25) is 0 Å². The largest absolute Gasteiger partial charge is 0.319 e. The summed E-state index contributed by atoms with van der Waals surface area (Å²) >= 11 is 3.59.